The predicted octanol–water partition coefficient (Wildman–Crippen LogP) is 3.41. The average molecular weight is 455 g/mol. The second-order valence-corrected chi connectivity index (χ2v) is 10.4. The molecule has 0 saturated carbocycles. The molecule has 1 aromatic heterocycles. The number of likely N-dealkylation sites (tertiary alicyclic amines) is 1. The van der Waals surface area contributed by atoms with E-state index >= 15 is 0 Å². The normalized spacial score (nSPS) is 16.0. The van der Waals surface area contributed by atoms with Gasteiger partial charge < -0.3 is 4.90 Å². The van der Waals surface area contributed by atoms with E-state index in [1.54, 1.807) is 6.07 Å². The first-order valence-electron chi connectivity index (χ1n) is 11.0. The molecule has 0 bridgehead atoms. The van der Waals surface area contributed by atoms with Crippen molar-refractivity contribution in [2.75, 3.05) is 19.6 Å². The topological polar surface area (TPSA) is 118 Å². The van der Waals surface area contributed by atoms with Gasteiger partial charge in [-0.3, -0.25) is 0 Å². The summed E-state index contributed by atoms with van der Waals surface area (Å²) in [5.74, 6) is 1.49. The molecule has 1 aliphatic rings. The van der Waals surface area contributed by atoms with E-state index in [-0.39, 0.29) is 10.7 Å². The molecule has 1 saturated heterocycles. The van der Waals surface area contributed by atoms with Gasteiger partial charge in [0.25, 0.3) is 0 Å². The first-order valence-corrected chi connectivity index (χ1v) is 12.6. The first kappa shape index (κ1) is 22.6. The number of benzene rings is 2. The van der Waals surface area contributed by atoms with Gasteiger partial charge in [0, 0.05) is 0 Å². The highest BCUT2D eigenvalue weighted by atomic mass is 32.2. The Morgan fingerprint density at radius 2 is 1.84 bits per heavy atom. The number of nitrogens with two attached hydrogens (primary N) is 1. The lowest BCUT2D eigenvalue weighted by molar-refractivity contribution is 0.202. The Bertz CT molecular complexity index is 1140. The zero-order valence-corrected chi connectivity index (χ0v) is 19.3. The zero-order chi connectivity index (χ0) is 22.7. The summed E-state index contributed by atoms with van der Waals surface area (Å²) in [5, 5.41) is 19.4. The number of aromatic amines is 1. The van der Waals surface area contributed by atoms with E-state index in [9.17, 15) is 8.42 Å². The molecule has 1 fully saturated rings. The highest BCUT2D eigenvalue weighted by molar-refractivity contribution is 7.89. The van der Waals surface area contributed by atoms with Crippen LogP contribution >= 0.6 is 0 Å². The number of nitrogens with zero attached hydrogens (tertiary/aromatic N) is 4. The highest BCUT2D eigenvalue weighted by Gasteiger charge is 2.23. The second-order valence-electron chi connectivity index (χ2n) is 8.88. The van der Waals surface area contributed by atoms with Gasteiger partial charge in [0.15, 0.2) is 0 Å². The van der Waals surface area contributed by atoms with Crippen LogP contribution in [0.4, 0.5) is 0 Å². The molecule has 2 aromatic carbocycles. The maximum Gasteiger partial charge on any atom is 0.238 e. The van der Waals surface area contributed by atoms with Crippen LogP contribution in [-0.4, -0.2) is 53.6 Å². The average Bonchev–Trinajstić information content (AvgIpc) is 3.32. The molecule has 0 amide bonds. The zero-order valence-electron chi connectivity index (χ0n) is 18.5. The van der Waals surface area contributed by atoms with Crippen LogP contribution in [0.25, 0.3) is 22.5 Å². The third kappa shape index (κ3) is 5.06. The van der Waals surface area contributed by atoms with Crippen molar-refractivity contribution >= 4 is 10.0 Å². The Kier molecular flexibility index (Phi) is 6.68. The summed E-state index contributed by atoms with van der Waals surface area (Å²) in [4.78, 5) is 2.55. The monoisotopic (exact) mass is 454 g/mol. The van der Waals surface area contributed by atoms with Crippen LogP contribution in [0.1, 0.15) is 44.6 Å². The molecule has 9 heteroatoms. The van der Waals surface area contributed by atoms with Crippen molar-refractivity contribution in [2.45, 2.75) is 43.9 Å². The molecule has 0 radical (unpaired) electrons. The van der Waals surface area contributed by atoms with Gasteiger partial charge in [0.1, 0.15) is 0 Å². The SMILES string of the molecule is CC(C)CCN1CCC(c2ccc(-c3cccc(S(N)(=O)=O)c3-c3nn[nH]n3)cc2)CC1. The molecule has 3 N–H and O–H groups in total. The van der Waals surface area contributed by atoms with E-state index in [2.05, 4.69) is 51.5 Å². The Hall–Kier alpha value is -2.62. The van der Waals surface area contributed by atoms with Gasteiger partial charge in [-0.15, -0.1) is 10.2 Å². The molecular formula is C23H30N6O2S. The minimum atomic E-state index is -3.96. The van der Waals surface area contributed by atoms with Gasteiger partial charge in [-0.1, -0.05) is 50.2 Å². The molecule has 1 aliphatic heterocycles. The number of rotatable bonds is 7. The van der Waals surface area contributed by atoms with Crippen LogP contribution in [0.5, 0.6) is 0 Å². The number of H-pyrrole nitrogens is 1. The van der Waals surface area contributed by atoms with Gasteiger partial charge in [0.05, 0.1) is 10.5 Å². The van der Waals surface area contributed by atoms with Crippen LogP contribution in [-0.2, 0) is 10.0 Å². The summed E-state index contributed by atoms with van der Waals surface area (Å²) in [7, 11) is -3.96. The smallest absolute Gasteiger partial charge is 0.238 e. The molecule has 0 spiro atoms. The largest absolute Gasteiger partial charge is 0.303 e. The standard InChI is InChI=1S/C23H30N6O2S/c1-16(2)10-13-29-14-11-18(12-15-29)17-6-8-19(9-7-17)20-4-3-5-21(32(24,30)31)22(20)23-25-27-28-26-23/h3-9,16,18H,10-15H2,1-2H3,(H2,24,30,31)(H,25,26,27,28). The molecule has 32 heavy (non-hydrogen) atoms. The second kappa shape index (κ2) is 9.48. The Morgan fingerprint density at radius 1 is 1.12 bits per heavy atom. The van der Waals surface area contributed by atoms with Gasteiger partial charge >= 0.3 is 0 Å². The Labute approximate surface area is 189 Å². The fourth-order valence-electron chi connectivity index (χ4n) is 4.37. The van der Waals surface area contributed by atoms with Crippen molar-refractivity contribution < 1.29 is 8.42 Å². The number of piperidine rings is 1. The fourth-order valence-corrected chi connectivity index (χ4v) is 5.13. The summed E-state index contributed by atoms with van der Waals surface area (Å²) in [5.41, 5.74) is 3.26. The van der Waals surface area contributed by atoms with Crippen LogP contribution in [0.3, 0.4) is 0 Å². The Morgan fingerprint density at radius 3 is 2.44 bits per heavy atom. The van der Waals surface area contributed by atoms with Crippen molar-refractivity contribution in [1.82, 2.24) is 25.5 Å². The summed E-state index contributed by atoms with van der Waals surface area (Å²) >= 11 is 0. The van der Waals surface area contributed by atoms with E-state index in [0.29, 0.717) is 17.0 Å². The fraction of sp³-hybridized carbons (Fsp3) is 0.435. The summed E-state index contributed by atoms with van der Waals surface area (Å²) in [6.45, 7) is 8.01. The van der Waals surface area contributed by atoms with Gasteiger partial charge in [-0.05, 0) is 78.7 Å². The van der Waals surface area contributed by atoms with Crippen LogP contribution < -0.4 is 5.14 Å². The van der Waals surface area contributed by atoms with Crippen molar-refractivity contribution in [3.63, 3.8) is 0 Å². The molecular weight excluding hydrogens is 424 g/mol. The van der Waals surface area contributed by atoms with E-state index in [1.165, 1.54) is 24.6 Å². The van der Waals surface area contributed by atoms with Crippen molar-refractivity contribution in [3.8, 4) is 22.5 Å². The maximum absolute atomic E-state index is 12.2. The quantitative estimate of drug-likeness (QED) is 0.565. The minimum absolute atomic E-state index is 0.0192. The third-order valence-electron chi connectivity index (χ3n) is 6.21. The summed E-state index contributed by atoms with van der Waals surface area (Å²) in [6, 6.07) is 13.4. The van der Waals surface area contributed by atoms with E-state index in [0.717, 1.165) is 37.4 Å². The van der Waals surface area contributed by atoms with Gasteiger partial charge in [-0.25, -0.2) is 13.6 Å². The van der Waals surface area contributed by atoms with Crippen LogP contribution in [0, 0.1) is 5.92 Å². The number of hydrogen-bond donors (Lipinski definition) is 2. The van der Waals surface area contributed by atoms with Crippen LogP contribution in [0.15, 0.2) is 47.4 Å². The van der Waals surface area contributed by atoms with E-state index in [1.807, 2.05) is 18.2 Å². The molecule has 0 unspecified atom stereocenters. The lowest BCUT2D eigenvalue weighted by Gasteiger charge is -2.32. The van der Waals surface area contributed by atoms with E-state index in [4.69, 9.17) is 5.14 Å². The number of primary sulfonamides is 1. The molecule has 8 nitrogen and oxygen atoms in total. The summed E-state index contributed by atoms with van der Waals surface area (Å²) in [6.07, 6.45) is 3.57. The number of nitrogens with one attached hydrogen (secondary N) is 1. The minimum Gasteiger partial charge on any atom is -0.303 e. The van der Waals surface area contributed by atoms with Gasteiger partial charge in [0.2, 0.25) is 15.8 Å². The molecule has 3 aromatic rings. The molecule has 0 aliphatic carbocycles. The van der Waals surface area contributed by atoms with Crippen LogP contribution in [0.2, 0.25) is 0 Å². The maximum atomic E-state index is 12.2. The summed E-state index contributed by atoms with van der Waals surface area (Å²) < 4.78 is 24.4. The van der Waals surface area contributed by atoms with Crippen molar-refractivity contribution in [2.24, 2.45) is 11.1 Å². The molecule has 2 heterocycles. The molecule has 4 rings (SSSR count). The predicted molar refractivity (Wildman–Crippen MR) is 124 cm³/mol. The van der Waals surface area contributed by atoms with Crippen molar-refractivity contribution in [1.29, 1.82) is 0 Å². The van der Waals surface area contributed by atoms with Crippen molar-refractivity contribution in [3.05, 3.63) is 48.0 Å². The number of tetrazole rings is 1. The molecule has 0 atom stereocenters. The first-order chi connectivity index (χ1) is 15.3. The number of hydrogen-bond acceptors (Lipinski definition) is 6. The molecule has 170 valence electrons. The van der Waals surface area contributed by atoms with Gasteiger partial charge in [-0.2, -0.15) is 5.21 Å². The number of sulfonamides is 1. The lowest BCUT2D eigenvalue weighted by atomic mass is 9.88. The Balaban J connectivity index is 1.57. The van der Waals surface area contributed by atoms with E-state index < -0.39 is 10.0 Å². The number of aromatic nitrogens is 4. The third-order valence-corrected chi connectivity index (χ3v) is 7.16. The lowest BCUT2D eigenvalue weighted by Crippen LogP contribution is -2.34. The highest BCUT2D eigenvalue weighted by Crippen LogP contribution is 2.36.